The highest BCUT2D eigenvalue weighted by Gasteiger charge is 2.15. The third kappa shape index (κ3) is 6.36. The third-order valence-electron chi connectivity index (χ3n) is 4.89. The van der Waals surface area contributed by atoms with E-state index in [1.807, 2.05) is 12.1 Å². The van der Waals surface area contributed by atoms with Gasteiger partial charge in [-0.15, -0.1) is 0 Å². The molecule has 0 bridgehead atoms. The summed E-state index contributed by atoms with van der Waals surface area (Å²) < 4.78 is 10.8. The molecule has 1 aromatic heterocycles. The molecule has 25 heavy (non-hydrogen) atoms. The zero-order chi connectivity index (χ0) is 17.2. The van der Waals surface area contributed by atoms with E-state index in [-0.39, 0.29) is 0 Å². The Morgan fingerprint density at radius 1 is 1.12 bits per heavy atom. The van der Waals surface area contributed by atoms with Crippen LogP contribution < -0.4 is 5.32 Å². The van der Waals surface area contributed by atoms with Crippen molar-refractivity contribution in [2.75, 3.05) is 59.0 Å². The molecule has 2 aliphatic heterocycles. The SMILES string of the molecule is c1coc(CCNC(=NCCCN2CCOCC2)N2CCCCC2)c1. The summed E-state index contributed by atoms with van der Waals surface area (Å²) in [5, 5.41) is 3.55. The van der Waals surface area contributed by atoms with Gasteiger partial charge in [-0.2, -0.15) is 0 Å². The van der Waals surface area contributed by atoms with Gasteiger partial charge in [0.25, 0.3) is 0 Å². The van der Waals surface area contributed by atoms with Gasteiger partial charge in [0, 0.05) is 52.2 Å². The number of rotatable bonds is 7. The summed E-state index contributed by atoms with van der Waals surface area (Å²) in [6.07, 6.45) is 7.62. The van der Waals surface area contributed by atoms with Crippen molar-refractivity contribution >= 4 is 5.96 Å². The first kappa shape index (κ1) is 18.3. The Bertz CT molecular complexity index is 492. The van der Waals surface area contributed by atoms with Gasteiger partial charge in [0.15, 0.2) is 5.96 Å². The predicted molar refractivity (Wildman–Crippen MR) is 100 cm³/mol. The predicted octanol–water partition coefficient (Wildman–Crippen LogP) is 1.98. The third-order valence-corrected chi connectivity index (χ3v) is 4.89. The van der Waals surface area contributed by atoms with Crippen LogP contribution in [0.25, 0.3) is 0 Å². The van der Waals surface area contributed by atoms with E-state index >= 15 is 0 Å². The Morgan fingerprint density at radius 3 is 2.72 bits per heavy atom. The molecule has 0 amide bonds. The van der Waals surface area contributed by atoms with E-state index in [0.29, 0.717) is 0 Å². The van der Waals surface area contributed by atoms with E-state index in [1.165, 1.54) is 19.3 Å². The number of morpholine rings is 1. The number of nitrogens with zero attached hydrogens (tertiary/aromatic N) is 3. The number of hydrogen-bond acceptors (Lipinski definition) is 4. The van der Waals surface area contributed by atoms with E-state index in [0.717, 1.165) is 83.6 Å². The Labute approximate surface area is 151 Å². The van der Waals surface area contributed by atoms with Crippen molar-refractivity contribution in [3.05, 3.63) is 24.2 Å². The lowest BCUT2D eigenvalue weighted by Crippen LogP contribution is -2.45. The minimum Gasteiger partial charge on any atom is -0.469 e. The van der Waals surface area contributed by atoms with Gasteiger partial charge in [0.05, 0.1) is 19.5 Å². The van der Waals surface area contributed by atoms with Gasteiger partial charge in [-0.1, -0.05) is 0 Å². The second kappa shape index (κ2) is 10.5. The molecule has 3 rings (SSSR count). The van der Waals surface area contributed by atoms with E-state index in [2.05, 4.69) is 15.1 Å². The number of nitrogens with one attached hydrogen (secondary N) is 1. The van der Waals surface area contributed by atoms with Crippen molar-refractivity contribution in [1.82, 2.24) is 15.1 Å². The molecule has 3 heterocycles. The summed E-state index contributed by atoms with van der Waals surface area (Å²) in [7, 11) is 0. The van der Waals surface area contributed by atoms with Crippen LogP contribution in [0, 0.1) is 0 Å². The molecule has 6 heteroatoms. The molecular weight excluding hydrogens is 316 g/mol. The second-order valence-corrected chi connectivity index (χ2v) is 6.82. The second-order valence-electron chi connectivity index (χ2n) is 6.82. The topological polar surface area (TPSA) is 53.2 Å². The lowest BCUT2D eigenvalue weighted by atomic mass is 10.1. The Hall–Kier alpha value is -1.53. The fourth-order valence-electron chi connectivity index (χ4n) is 3.43. The summed E-state index contributed by atoms with van der Waals surface area (Å²) in [5.41, 5.74) is 0. The van der Waals surface area contributed by atoms with Gasteiger partial charge >= 0.3 is 0 Å². The first-order chi connectivity index (χ1) is 12.4. The van der Waals surface area contributed by atoms with Crippen LogP contribution in [0.2, 0.25) is 0 Å². The van der Waals surface area contributed by atoms with Crippen molar-refractivity contribution < 1.29 is 9.15 Å². The molecular formula is C19H32N4O2. The molecule has 0 radical (unpaired) electrons. The van der Waals surface area contributed by atoms with Gasteiger partial charge in [-0.05, 0) is 37.8 Å². The number of piperidine rings is 1. The summed E-state index contributed by atoms with van der Waals surface area (Å²) in [4.78, 5) is 9.79. The smallest absolute Gasteiger partial charge is 0.193 e. The summed E-state index contributed by atoms with van der Waals surface area (Å²) in [6.45, 7) is 8.98. The summed E-state index contributed by atoms with van der Waals surface area (Å²) >= 11 is 0. The highest BCUT2D eigenvalue weighted by Crippen LogP contribution is 2.09. The molecule has 0 atom stereocenters. The molecule has 1 aromatic rings. The van der Waals surface area contributed by atoms with Crippen LogP contribution in [0.3, 0.4) is 0 Å². The molecule has 0 aromatic carbocycles. The van der Waals surface area contributed by atoms with Gasteiger partial charge in [-0.25, -0.2) is 0 Å². The maximum Gasteiger partial charge on any atom is 0.193 e. The fourth-order valence-corrected chi connectivity index (χ4v) is 3.43. The van der Waals surface area contributed by atoms with Crippen LogP contribution in [-0.2, 0) is 11.2 Å². The minimum absolute atomic E-state index is 0.867. The average Bonchev–Trinajstić information content (AvgIpc) is 3.19. The maximum absolute atomic E-state index is 5.42. The number of aliphatic imine (C=N–C) groups is 1. The lowest BCUT2D eigenvalue weighted by Gasteiger charge is -2.30. The Balaban J connectivity index is 1.44. The Kier molecular flexibility index (Phi) is 7.64. The molecule has 2 saturated heterocycles. The summed E-state index contributed by atoms with van der Waals surface area (Å²) in [6, 6.07) is 3.97. The Morgan fingerprint density at radius 2 is 1.96 bits per heavy atom. The number of hydrogen-bond donors (Lipinski definition) is 1. The number of furan rings is 1. The van der Waals surface area contributed by atoms with Gasteiger partial charge in [0.1, 0.15) is 5.76 Å². The van der Waals surface area contributed by atoms with Crippen LogP contribution in [-0.4, -0.2) is 74.8 Å². The quantitative estimate of drug-likeness (QED) is 0.464. The van der Waals surface area contributed by atoms with E-state index in [4.69, 9.17) is 14.1 Å². The molecule has 0 spiro atoms. The zero-order valence-corrected chi connectivity index (χ0v) is 15.3. The number of guanidine groups is 1. The molecule has 6 nitrogen and oxygen atoms in total. The monoisotopic (exact) mass is 348 g/mol. The van der Waals surface area contributed by atoms with Crippen molar-refractivity contribution in [1.29, 1.82) is 0 Å². The molecule has 0 saturated carbocycles. The fraction of sp³-hybridized carbons (Fsp3) is 0.737. The van der Waals surface area contributed by atoms with Gasteiger partial charge in [-0.3, -0.25) is 9.89 Å². The zero-order valence-electron chi connectivity index (χ0n) is 15.3. The first-order valence-corrected chi connectivity index (χ1v) is 9.77. The molecule has 1 N–H and O–H groups in total. The minimum atomic E-state index is 0.867. The molecule has 2 fully saturated rings. The standard InChI is InChI=1S/C19H32N4O2/c1-2-11-23(12-3-1)19(21-9-7-18-6-4-15-25-18)20-8-5-10-22-13-16-24-17-14-22/h4,6,15H,1-3,5,7-14,16-17H2,(H,20,21). The van der Waals surface area contributed by atoms with Crippen LogP contribution in [0.4, 0.5) is 0 Å². The molecule has 2 aliphatic rings. The van der Waals surface area contributed by atoms with Crippen LogP contribution in [0.1, 0.15) is 31.4 Å². The molecule has 0 aliphatic carbocycles. The normalized spacial score (nSPS) is 20.0. The van der Waals surface area contributed by atoms with Gasteiger partial charge < -0.3 is 19.4 Å². The maximum atomic E-state index is 5.42. The first-order valence-electron chi connectivity index (χ1n) is 9.77. The molecule has 0 unspecified atom stereocenters. The highest BCUT2D eigenvalue weighted by molar-refractivity contribution is 5.80. The number of ether oxygens (including phenoxy) is 1. The van der Waals surface area contributed by atoms with Gasteiger partial charge in [0.2, 0.25) is 0 Å². The van der Waals surface area contributed by atoms with E-state index in [1.54, 1.807) is 6.26 Å². The van der Waals surface area contributed by atoms with Crippen molar-refractivity contribution in [3.8, 4) is 0 Å². The molecule has 140 valence electrons. The van der Waals surface area contributed by atoms with E-state index < -0.39 is 0 Å². The van der Waals surface area contributed by atoms with Crippen molar-refractivity contribution in [2.24, 2.45) is 4.99 Å². The van der Waals surface area contributed by atoms with Crippen LogP contribution in [0.5, 0.6) is 0 Å². The highest BCUT2D eigenvalue weighted by atomic mass is 16.5. The van der Waals surface area contributed by atoms with Crippen LogP contribution in [0.15, 0.2) is 27.8 Å². The largest absolute Gasteiger partial charge is 0.469 e. The van der Waals surface area contributed by atoms with E-state index in [9.17, 15) is 0 Å². The van der Waals surface area contributed by atoms with Crippen LogP contribution >= 0.6 is 0 Å². The summed E-state index contributed by atoms with van der Waals surface area (Å²) in [5.74, 6) is 2.10. The van der Waals surface area contributed by atoms with Crippen molar-refractivity contribution in [3.63, 3.8) is 0 Å². The van der Waals surface area contributed by atoms with Crippen molar-refractivity contribution in [2.45, 2.75) is 32.1 Å². The lowest BCUT2D eigenvalue weighted by molar-refractivity contribution is 0.0377. The average molecular weight is 348 g/mol. The number of likely N-dealkylation sites (tertiary alicyclic amines) is 1.